The fraction of sp³-hybridized carbons (Fsp3) is 0.125. The SMILES string of the molecule is COc1ccc(-c2noc(CSc3nc4ccccc4c(=O)n3-c3ccc(C)cn3)n2)cc1. The summed E-state index contributed by atoms with van der Waals surface area (Å²) in [7, 11) is 1.62. The maximum atomic E-state index is 13.3. The van der Waals surface area contributed by atoms with Gasteiger partial charge in [0, 0.05) is 11.8 Å². The van der Waals surface area contributed by atoms with Gasteiger partial charge in [-0.15, -0.1) is 0 Å². The molecule has 33 heavy (non-hydrogen) atoms. The first-order valence-corrected chi connectivity index (χ1v) is 11.2. The Balaban J connectivity index is 1.47. The molecule has 3 aromatic heterocycles. The van der Waals surface area contributed by atoms with Gasteiger partial charge in [-0.05, 0) is 55.0 Å². The Morgan fingerprint density at radius 2 is 1.85 bits per heavy atom. The van der Waals surface area contributed by atoms with E-state index in [9.17, 15) is 4.79 Å². The highest BCUT2D eigenvalue weighted by molar-refractivity contribution is 7.98. The number of thioether (sulfide) groups is 1. The second-order valence-corrected chi connectivity index (χ2v) is 8.22. The summed E-state index contributed by atoms with van der Waals surface area (Å²) >= 11 is 1.34. The standard InChI is InChI=1S/C24H19N5O3S/c1-15-7-12-20(25-13-15)29-23(30)18-5-3-4-6-19(18)26-24(29)33-14-21-27-22(28-32-21)16-8-10-17(31-2)11-9-16/h3-13H,14H2,1-2H3. The predicted molar refractivity (Wildman–Crippen MR) is 126 cm³/mol. The summed E-state index contributed by atoms with van der Waals surface area (Å²) in [5.41, 5.74) is 2.27. The van der Waals surface area contributed by atoms with E-state index in [1.165, 1.54) is 16.3 Å². The molecule has 2 aromatic carbocycles. The predicted octanol–water partition coefficient (Wildman–Crippen LogP) is 4.44. The van der Waals surface area contributed by atoms with Crippen LogP contribution < -0.4 is 10.3 Å². The van der Waals surface area contributed by atoms with Gasteiger partial charge in [-0.3, -0.25) is 4.79 Å². The summed E-state index contributed by atoms with van der Waals surface area (Å²) in [6, 6.07) is 18.4. The number of methoxy groups -OCH3 is 1. The summed E-state index contributed by atoms with van der Waals surface area (Å²) in [5, 5.41) is 5.10. The molecule has 0 saturated heterocycles. The largest absolute Gasteiger partial charge is 0.497 e. The average molecular weight is 458 g/mol. The van der Waals surface area contributed by atoms with E-state index in [0.29, 0.717) is 39.3 Å². The van der Waals surface area contributed by atoms with Crippen LogP contribution in [-0.2, 0) is 5.75 Å². The molecule has 0 aliphatic carbocycles. The molecule has 0 saturated carbocycles. The average Bonchev–Trinajstić information content (AvgIpc) is 3.33. The van der Waals surface area contributed by atoms with Gasteiger partial charge in [-0.2, -0.15) is 4.98 Å². The van der Waals surface area contributed by atoms with Crippen LogP contribution in [0.4, 0.5) is 0 Å². The molecule has 0 amide bonds. The topological polar surface area (TPSA) is 95.9 Å². The van der Waals surface area contributed by atoms with Gasteiger partial charge in [0.15, 0.2) is 5.16 Å². The van der Waals surface area contributed by atoms with Crippen LogP contribution in [0.2, 0.25) is 0 Å². The summed E-state index contributed by atoms with van der Waals surface area (Å²) in [5.74, 6) is 2.52. The van der Waals surface area contributed by atoms with E-state index in [1.807, 2.05) is 61.5 Å². The van der Waals surface area contributed by atoms with E-state index in [0.717, 1.165) is 16.9 Å². The molecule has 0 N–H and O–H groups in total. The molecular formula is C24H19N5O3S. The number of benzene rings is 2. The molecule has 9 heteroatoms. The van der Waals surface area contributed by atoms with Gasteiger partial charge in [0.2, 0.25) is 11.7 Å². The lowest BCUT2D eigenvalue weighted by molar-refractivity contribution is 0.391. The van der Waals surface area contributed by atoms with E-state index in [-0.39, 0.29) is 5.56 Å². The zero-order valence-corrected chi connectivity index (χ0v) is 18.7. The van der Waals surface area contributed by atoms with Crippen LogP contribution in [0.25, 0.3) is 28.1 Å². The zero-order valence-electron chi connectivity index (χ0n) is 17.9. The molecule has 0 fully saturated rings. The van der Waals surface area contributed by atoms with Crippen molar-refractivity contribution < 1.29 is 9.26 Å². The van der Waals surface area contributed by atoms with Crippen LogP contribution in [0.1, 0.15) is 11.5 Å². The molecule has 0 radical (unpaired) electrons. The number of para-hydroxylation sites is 1. The van der Waals surface area contributed by atoms with Gasteiger partial charge in [0.05, 0.1) is 23.8 Å². The maximum absolute atomic E-state index is 13.3. The Hall–Kier alpha value is -3.98. The first-order chi connectivity index (χ1) is 16.1. The number of rotatable bonds is 6. The van der Waals surface area contributed by atoms with Crippen LogP contribution in [0, 0.1) is 6.92 Å². The van der Waals surface area contributed by atoms with Crippen molar-refractivity contribution >= 4 is 22.7 Å². The van der Waals surface area contributed by atoms with Crippen molar-refractivity contribution in [3.63, 3.8) is 0 Å². The van der Waals surface area contributed by atoms with Gasteiger partial charge < -0.3 is 9.26 Å². The fourth-order valence-electron chi connectivity index (χ4n) is 3.30. The minimum absolute atomic E-state index is 0.177. The van der Waals surface area contributed by atoms with Gasteiger partial charge in [0.25, 0.3) is 5.56 Å². The second kappa shape index (κ2) is 8.87. The summed E-state index contributed by atoms with van der Waals surface area (Å²) < 4.78 is 12.1. The van der Waals surface area contributed by atoms with Crippen LogP contribution in [0.5, 0.6) is 5.75 Å². The van der Waals surface area contributed by atoms with E-state index >= 15 is 0 Å². The number of fused-ring (bicyclic) bond motifs is 1. The quantitative estimate of drug-likeness (QED) is 0.273. The maximum Gasteiger partial charge on any atom is 0.267 e. The first-order valence-electron chi connectivity index (χ1n) is 10.2. The van der Waals surface area contributed by atoms with Crippen molar-refractivity contribution in [1.82, 2.24) is 24.7 Å². The van der Waals surface area contributed by atoms with Crippen molar-refractivity contribution in [2.45, 2.75) is 17.8 Å². The zero-order chi connectivity index (χ0) is 22.8. The van der Waals surface area contributed by atoms with Gasteiger partial charge in [-0.1, -0.05) is 35.1 Å². The fourth-order valence-corrected chi connectivity index (χ4v) is 4.14. The number of hydrogen-bond donors (Lipinski definition) is 0. The minimum Gasteiger partial charge on any atom is -0.497 e. The third-order valence-corrected chi connectivity index (χ3v) is 5.93. The molecule has 0 bridgehead atoms. The molecule has 0 aliphatic heterocycles. The summed E-state index contributed by atoms with van der Waals surface area (Å²) in [4.78, 5) is 26.9. The van der Waals surface area contributed by atoms with Gasteiger partial charge in [0.1, 0.15) is 11.6 Å². The second-order valence-electron chi connectivity index (χ2n) is 7.27. The Morgan fingerprint density at radius 3 is 2.61 bits per heavy atom. The van der Waals surface area contributed by atoms with E-state index in [1.54, 1.807) is 19.4 Å². The first kappa shape index (κ1) is 20.9. The van der Waals surface area contributed by atoms with Crippen LogP contribution in [0.15, 0.2) is 81.3 Å². The lowest BCUT2D eigenvalue weighted by atomic mass is 10.2. The van der Waals surface area contributed by atoms with Crippen molar-refractivity contribution in [3.05, 3.63) is 88.7 Å². The number of nitrogens with zero attached hydrogens (tertiary/aromatic N) is 5. The van der Waals surface area contributed by atoms with E-state index in [4.69, 9.17) is 14.2 Å². The van der Waals surface area contributed by atoms with Crippen LogP contribution in [-0.4, -0.2) is 31.8 Å². The lowest BCUT2D eigenvalue weighted by Crippen LogP contribution is -2.22. The van der Waals surface area contributed by atoms with Crippen LogP contribution in [0.3, 0.4) is 0 Å². The molecule has 3 heterocycles. The van der Waals surface area contributed by atoms with Crippen molar-refractivity contribution in [2.75, 3.05) is 7.11 Å². The summed E-state index contributed by atoms with van der Waals surface area (Å²) in [6.45, 7) is 1.95. The lowest BCUT2D eigenvalue weighted by Gasteiger charge is -2.12. The Morgan fingerprint density at radius 1 is 1.03 bits per heavy atom. The number of ether oxygens (including phenoxy) is 1. The highest BCUT2D eigenvalue weighted by atomic mass is 32.2. The van der Waals surface area contributed by atoms with Crippen molar-refractivity contribution in [1.29, 1.82) is 0 Å². The molecule has 0 aliphatic rings. The number of hydrogen-bond acceptors (Lipinski definition) is 8. The molecule has 5 aromatic rings. The van der Waals surface area contributed by atoms with Crippen molar-refractivity contribution in [2.24, 2.45) is 0 Å². The third kappa shape index (κ3) is 4.22. The highest BCUT2D eigenvalue weighted by Crippen LogP contribution is 2.25. The summed E-state index contributed by atoms with van der Waals surface area (Å²) in [6.07, 6.45) is 1.73. The van der Waals surface area contributed by atoms with Crippen molar-refractivity contribution in [3.8, 4) is 23.0 Å². The monoisotopic (exact) mass is 457 g/mol. The highest BCUT2D eigenvalue weighted by Gasteiger charge is 2.16. The number of pyridine rings is 1. The van der Waals surface area contributed by atoms with Gasteiger partial charge in [-0.25, -0.2) is 14.5 Å². The molecule has 164 valence electrons. The smallest absolute Gasteiger partial charge is 0.267 e. The normalized spacial score (nSPS) is 11.1. The van der Waals surface area contributed by atoms with E-state index in [2.05, 4.69) is 15.1 Å². The molecule has 0 spiro atoms. The minimum atomic E-state index is -0.177. The molecular weight excluding hydrogens is 438 g/mol. The molecule has 5 rings (SSSR count). The van der Waals surface area contributed by atoms with E-state index < -0.39 is 0 Å². The third-order valence-electron chi connectivity index (χ3n) is 5.01. The number of aromatic nitrogens is 5. The Bertz CT molecular complexity index is 1480. The molecule has 8 nitrogen and oxygen atoms in total. The Kier molecular flexibility index (Phi) is 5.62. The Labute approximate surface area is 193 Å². The molecule has 0 unspecified atom stereocenters. The van der Waals surface area contributed by atoms with Crippen LogP contribution >= 0.6 is 11.8 Å². The molecule has 0 atom stereocenters. The van der Waals surface area contributed by atoms with Gasteiger partial charge >= 0.3 is 0 Å². The number of aryl methyl sites for hydroxylation is 1.